The number of benzene rings is 2. The van der Waals surface area contributed by atoms with Gasteiger partial charge in [0.2, 0.25) is 0 Å². The fourth-order valence-corrected chi connectivity index (χ4v) is 2.10. The van der Waals surface area contributed by atoms with E-state index in [1.165, 1.54) is 5.39 Å². The average Bonchev–Trinajstić information content (AvgIpc) is 2.47. The van der Waals surface area contributed by atoms with E-state index in [0.717, 1.165) is 22.2 Å². The lowest BCUT2D eigenvalue weighted by Gasteiger charge is -2.05. The van der Waals surface area contributed by atoms with Crippen molar-refractivity contribution >= 4 is 10.8 Å². The Labute approximate surface area is 106 Å². The van der Waals surface area contributed by atoms with Crippen LogP contribution in [0.3, 0.4) is 0 Å². The Bertz CT molecular complexity index is 689. The van der Waals surface area contributed by atoms with Gasteiger partial charge >= 0.3 is 0 Å². The molecule has 0 saturated carbocycles. The van der Waals surface area contributed by atoms with E-state index in [0.29, 0.717) is 6.54 Å². The number of rotatable bonds is 2. The van der Waals surface area contributed by atoms with Crippen LogP contribution < -0.4 is 5.73 Å². The SMILES string of the molecule is NCc1cccc(-c2cc3ccccc3cn2)c1. The van der Waals surface area contributed by atoms with Crippen LogP contribution in [0, 0.1) is 0 Å². The van der Waals surface area contributed by atoms with E-state index in [9.17, 15) is 0 Å². The van der Waals surface area contributed by atoms with Crippen LogP contribution in [-0.2, 0) is 6.54 Å². The molecule has 0 radical (unpaired) electrons. The number of hydrogen-bond acceptors (Lipinski definition) is 2. The van der Waals surface area contributed by atoms with Crippen molar-refractivity contribution in [3.05, 3.63) is 66.4 Å². The first-order chi connectivity index (χ1) is 8.86. The molecule has 2 heteroatoms. The number of nitrogens with zero attached hydrogens (tertiary/aromatic N) is 1. The second-order valence-corrected chi connectivity index (χ2v) is 4.32. The van der Waals surface area contributed by atoms with Crippen LogP contribution in [-0.4, -0.2) is 4.98 Å². The first-order valence-electron chi connectivity index (χ1n) is 6.01. The van der Waals surface area contributed by atoms with Gasteiger partial charge in [0.15, 0.2) is 0 Å². The molecule has 2 N–H and O–H groups in total. The minimum atomic E-state index is 0.557. The van der Waals surface area contributed by atoms with Crippen molar-refractivity contribution < 1.29 is 0 Å². The zero-order valence-electron chi connectivity index (χ0n) is 10.0. The number of nitrogens with two attached hydrogens (primary N) is 1. The summed E-state index contributed by atoms with van der Waals surface area (Å²) in [5.41, 5.74) is 8.90. The molecule has 18 heavy (non-hydrogen) atoms. The van der Waals surface area contributed by atoms with Crippen LogP contribution in [0.5, 0.6) is 0 Å². The van der Waals surface area contributed by atoms with E-state index < -0.39 is 0 Å². The van der Waals surface area contributed by atoms with Gasteiger partial charge in [0.1, 0.15) is 0 Å². The fraction of sp³-hybridized carbons (Fsp3) is 0.0625. The zero-order chi connectivity index (χ0) is 12.4. The number of fused-ring (bicyclic) bond motifs is 1. The maximum absolute atomic E-state index is 5.67. The normalized spacial score (nSPS) is 10.7. The van der Waals surface area contributed by atoms with E-state index in [1.54, 1.807) is 0 Å². The molecule has 2 aromatic carbocycles. The summed E-state index contributed by atoms with van der Waals surface area (Å²) in [5, 5.41) is 2.37. The molecule has 1 aromatic heterocycles. The van der Waals surface area contributed by atoms with Gasteiger partial charge in [-0.1, -0.05) is 42.5 Å². The second-order valence-electron chi connectivity index (χ2n) is 4.32. The Kier molecular flexibility index (Phi) is 2.79. The van der Waals surface area contributed by atoms with Crippen molar-refractivity contribution in [2.75, 3.05) is 0 Å². The molecule has 0 atom stereocenters. The summed E-state index contributed by atoms with van der Waals surface area (Å²) in [4.78, 5) is 4.51. The van der Waals surface area contributed by atoms with Gasteiger partial charge in [-0.25, -0.2) is 0 Å². The highest BCUT2D eigenvalue weighted by Crippen LogP contribution is 2.22. The Balaban J connectivity index is 2.13. The molecule has 0 aliphatic heterocycles. The highest BCUT2D eigenvalue weighted by molar-refractivity contribution is 5.85. The molecule has 0 amide bonds. The van der Waals surface area contributed by atoms with Crippen molar-refractivity contribution in [1.29, 1.82) is 0 Å². The summed E-state index contributed by atoms with van der Waals surface area (Å²) >= 11 is 0. The van der Waals surface area contributed by atoms with Crippen molar-refractivity contribution in [2.45, 2.75) is 6.54 Å². The summed E-state index contributed by atoms with van der Waals surface area (Å²) in [7, 11) is 0. The molecule has 0 bridgehead atoms. The summed E-state index contributed by atoms with van der Waals surface area (Å²) in [6, 6.07) is 18.6. The third-order valence-corrected chi connectivity index (χ3v) is 3.09. The Morgan fingerprint density at radius 3 is 2.56 bits per heavy atom. The zero-order valence-corrected chi connectivity index (χ0v) is 10.0. The minimum Gasteiger partial charge on any atom is -0.326 e. The van der Waals surface area contributed by atoms with Crippen LogP contribution >= 0.6 is 0 Å². The lowest BCUT2D eigenvalue weighted by molar-refractivity contribution is 1.07. The average molecular weight is 234 g/mol. The number of hydrogen-bond donors (Lipinski definition) is 1. The van der Waals surface area contributed by atoms with Crippen LogP contribution in [0.1, 0.15) is 5.56 Å². The summed E-state index contributed by atoms with van der Waals surface area (Å²) in [5.74, 6) is 0. The smallest absolute Gasteiger partial charge is 0.0708 e. The molecular formula is C16H14N2. The Hall–Kier alpha value is -2.19. The standard InChI is InChI=1S/C16H14N2/c17-10-12-4-3-7-14(8-12)16-9-13-5-1-2-6-15(13)11-18-16/h1-9,11H,10,17H2. The van der Waals surface area contributed by atoms with Gasteiger partial charge in [0.05, 0.1) is 5.69 Å². The molecule has 0 aliphatic carbocycles. The summed E-state index contributed by atoms with van der Waals surface area (Å²) in [6.45, 7) is 0.557. The molecule has 0 spiro atoms. The predicted molar refractivity (Wildman–Crippen MR) is 75.1 cm³/mol. The Morgan fingerprint density at radius 1 is 0.889 bits per heavy atom. The van der Waals surface area contributed by atoms with Gasteiger partial charge in [-0.3, -0.25) is 4.98 Å². The van der Waals surface area contributed by atoms with Gasteiger partial charge in [0.25, 0.3) is 0 Å². The molecule has 3 aromatic rings. The van der Waals surface area contributed by atoms with Crippen molar-refractivity contribution in [3.63, 3.8) is 0 Å². The topological polar surface area (TPSA) is 38.9 Å². The first-order valence-corrected chi connectivity index (χ1v) is 6.01. The van der Waals surface area contributed by atoms with Crippen molar-refractivity contribution in [2.24, 2.45) is 5.73 Å². The highest BCUT2D eigenvalue weighted by atomic mass is 14.7. The molecule has 2 nitrogen and oxygen atoms in total. The van der Waals surface area contributed by atoms with Gasteiger partial charge in [-0.15, -0.1) is 0 Å². The van der Waals surface area contributed by atoms with E-state index >= 15 is 0 Å². The van der Waals surface area contributed by atoms with E-state index in [1.807, 2.05) is 30.5 Å². The molecule has 0 fully saturated rings. The van der Waals surface area contributed by atoms with Crippen LogP contribution in [0.2, 0.25) is 0 Å². The fourth-order valence-electron chi connectivity index (χ4n) is 2.10. The van der Waals surface area contributed by atoms with Gasteiger partial charge in [0, 0.05) is 23.7 Å². The van der Waals surface area contributed by atoms with Crippen LogP contribution in [0.15, 0.2) is 60.8 Å². The summed E-state index contributed by atoms with van der Waals surface area (Å²) < 4.78 is 0. The molecule has 0 saturated heterocycles. The molecule has 1 heterocycles. The third-order valence-electron chi connectivity index (χ3n) is 3.09. The Morgan fingerprint density at radius 2 is 1.72 bits per heavy atom. The van der Waals surface area contributed by atoms with Gasteiger partial charge in [-0.2, -0.15) is 0 Å². The van der Waals surface area contributed by atoms with Crippen molar-refractivity contribution in [1.82, 2.24) is 4.98 Å². The van der Waals surface area contributed by atoms with Crippen molar-refractivity contribution in [3.8, 4) is 11.3 Å². The second kappa shape index (κ2) is 4.59. The molecule has 0 unspecified atom stereocenters. The van der Waals surface area contributed by atoms with Gasteiger partial charge in [-0.05, 0) is 23.1 Å². The maximum atomic E-state index is 5.67. The van der Waals surface area contributed by atoms with E-state index in [2.05, 4.69) is 35.3 Å². The lowest BCUT2D eigenvalue weighted by Crippen LogP contribution is -1.96. The minimum absolute atomic E-state index is 0.557. The van der Waals surface area contributed by atoms with E-state index in [-0.39, 0.29) is 0 Å². The summed E-state index contributed by atoms with van der Waals surface area (Å²) in [6.07, 6.45) is 1.92. The van der Waals surface area contributed by atoms with Gasteiger partial charge < -0.3 is 5.73 Å². The lowest BCUT2D eigenvalue weighted by atomic mass is 10.1. The molecule has 3 rings (SSSR count). The third kappa shape index (κ3) is 1.98. The quantitative estimate of drug-likeness (QED) is 0.738. The monoisotopic (exact) mass is 234 g/mol. The first kappa shape index (κ1) is 10.9. The molecular weight excluding hydrogens is 220 g/mol. The van der Waals surface area contributed by atoms with E-state index in [4.69, 9.17) is 5.73 Å². The number of pyridine rings is 1. The molecule has 88 valence electrons. The maximum Gasteiger partial charge on any atom is 0.0708 e. The highest BCUT2D eigenvalue weighted by Gasteiger charge is 2.01. The van der Waals surface area contributed by atoms with Crippen LogP contribution in [0.25, 0.3) is 22.0 Å². The van der Waals surface area contributed by atoms with Crippen LogP contribution in [0.4, 0.5) is 0 Å². The molecule has 0 aliphatic rings. The largest absolute Gasteiger partial charge is 0.326 e. The number of aromatic nitrogens is 1. The predicted octanol–water partition coefficient (Wildman–Crippen LogP) is 3.36.